The van der Waals surface area contributed by atoms with Gasteiger partial charge in [0.1, 0.15) is 0 Å². The van der Waals surface area contributed by atoms with E-state index in [4.69, 9.17) is 0 Å². The van der Waals surface area contributed by atoms with Crippen molar-refractivity contribution in [2.75, 3.05) is 34.2 Å². The monoisotopic (exact) mass is 221 g/mol. The largest absolute Gasteiger partial charge is 0.319 e. The van der Waals surface area contributed by atoms with Crippen LogP contribution in [0.3, 0.4) is 0 Å². The highest BCUT2D eigenvalue weighted by Gasteiger charge is 2.42. The smallest absolute Gasteiger partial charge is 0.278 e. The fourth-order valence-corrected chi connectivity index (χ4v) is 2.09. The van der Waals surface area contributed by atoms with Crippen LogP contribution in [0, 0.1) is 5.41 Å². The molecule has 0 bridgehead atoms. The second-order valence-electron chi connectivity index (χ2n) is 4.14. The summed E-state index contributed by atoms with van der Waals surface area (Å²) in [5.74, 6) is 0. The van der Waals surface area contributed by atoms with E-state index < -0.39 is 10.2 Å². The molecule has 6 heteroatoms. The third-order valence-electron chi connectivity index (χ3n) is 2.62. The van der Waals surface area contributed by atoms with Crippen molar-refractivity contribution >= 4 is 10.2 Å². The summed E-state index contributed by atoms with van der Waals surface area (Å²) in [7, 11) is 1.69. The van der Waals surface area contributed by atoms with Crippen LogP contribution in [0.1, 0.15) is 12.8 Å². The van der Waals surface area contributed by atoms with Gasteiger partial charge in [0.2, 0.25) is 0 Å². The molecular weight excluding hydrogens is 202 g/mol. The van der Waals surface area contributed by atoms with Crippen LogP contribution in [-0.4, -0.2) is 47.0 Å². The van der Waals surface area contributed by atoms with Crippen LogP contribution in [0.25, 0.3) is 0 Å². The maximum Gasteiger partial charge on any atom is 0.278 e. The minimum atomic E-state index is -3.25. The Balaban J connectivity index is 2.41. The van der Waals surface area contributed by atoms with Gasteiger partial charge in [0.25, 0.3) is 10.2 Å². The number of hydrogen-bond acceptors (Lipinski definition) is 3. The predicted octanol–water partition coefficient (Wildman–Crippen LogP) is -0.618. The van der Waals surface area contributed by atoms with Crippen LogP contribution in [0.2, 0.25) is 0 Å². The van der Waals surface area contributed by atoms with E-state index in [1.165, 1.54) is 18.4 Å². The van der Waals surface area contributed by atoms with Crippen molar-refractivity contribution in [2.24, 2.45) is 5.41 Å². The van der Waals surface area contributed by atoms with E-state index in [-0.39, 0.29) is 5.41 Å². The minimum absolute atomic E-state index is 0.165. The molecule has 0 aromatic rings. The molecule has 1 rings (SSSR count). The lowest BCUT2D eigenvalue weighted by Gasteiger charge is -2.17. The molecular formula is C8H19N3O2S. The molecule has 0 aliphatic heterocycles. The summed E-state index contributed by atoms with van der Waals surface area (Å²) in [6.07, 6.45) is 2.20. The number of rotatable bonds is 6. The van der Waals surface area contributed by atoms with Gasteiger partial charge in [-0.05, 0) is 25.3 Å². The fraction of sp³-hybridized carbons (Fsp3) is 1.00. The molecule has 0 amide bonds. The van der Waals surface area contributed by atoms with Gasteiger partial charge in [-0.1, -0.05) is 0 Å². The van der Waals surface area contributed by atoms with Gasteiger partial charge in [-0.2, -0.15) is 12.7 Å². The molecule has 1 aliphatic rings. The van der Waals surface area contributed by atoms with E-state index in [2.05, 4.69) is 10.0 Å². The van der Waals surface area contributed by atoms with E-state index in [1.807, 2.05) is 7.05 Å². The Morgan fingerprint density at radius 3 is 2.21 bits per heavy atom. The van der Waals surface area contributed by atoms with Crippen LogP contribution in [0.5, 0.6) is 0 Å². The Bertz CT molecular complexity index is 283. The molecule has 0 spiro atoms. The van der Waals surface area contributed by atoms with Gasteiger partial charge in [-0.15, -0.1) is 0 Å². The van der Waals surface area contributed by atoms with E-state index in [0.717, 1.165) is 19.4 Å². The van der Waals surface area contributed by atoms with Crippen molar-refractivity contribution in [1.82, 2.24) is 14.3 Å². The maximum atomic E-state index is 11.4. The first-order chi connectivity index (χ1) is 6.42. The first kappa shape index (κ1) is 11.9. The van der Waals surface area contributed by atoms with Gasteiger partial charge in [0, 0.05) is 27.2 Å². The summed E-state index contributed by atoms with van der Waals surface area (Å²) in [6, 6.07) is 0. The molecule has 1 fully saturated rings. The van der Waals surface area contributed by atoms with Gasteiger partial charge in [0.05, 0.1) is 0 Å². The van der Waals surface area contributed by atoms with Gasteiger partial charge >= 0.3 is 0 Å². The first-order valence-corrected chi connectivity index (χ1v) is 6.18. The zero-order valence-corrected chi connectivity index (χ0v) is 9.82. The highest BCUT2D eigenvalue weighted by atomic mass is 32.2. The lowest BCUT2D eigenvalue weighted by molar-refractivity contribution is 0.450. The topological polar surface area (TPSA) is 61.4 Å². The van der Waals surface area contributed by atoms with Crippen molar-refractivity contribution in [3.8, 4) is 0 Å². The average molecular weight is 221 g/mol. The molecule has 0 aromatic heterocycles. The van der Waals surface area contributed by atoms with Gasteiger partial charge in [-0.25, -0.2) is 4.72 Å². The molecule has 0 atom stereocenters. The van der Waals surface area contributed by atoms with E-state index in [9.17, 15) is 8.42 Å². The Morgan fingerprint density at radius 2 is 1.86 bits per heavy atom. The number of hydrogen-bond donors (Lipinski definition) is 2. The average Bonchev–Trinajstić information content (AvgIpc) is 2.83. The third-order valence-corrected chi connectivity index (χ3v) is 4.09. The van der Waals surface area contributed by atoms with Crippen molar-refractivity contribution in [3.05, 3.63) is 0 Å². The Morgan fingerprint density at radius 1 is 1.29 bits per heavy atom. The lowest BCUT2D eigenvalue weighted by atomic mass is 10.1. The highest BCUT2D eigenvalue weighted by molar-refractivity contribution is 7.87. The summed E-state index contributed by atoms with van der Waals surface area (Å²) in [5, 5.41) is 3.09. The van der Waals surface area contributed by atoms with Gasteiger partial charge in [0.15, 0.2) is 0 Å². The molecule has 1 aliphatic carbocycles. The van der Waals surface area contributed by atoms with Crippen LogP contribution < -0.4 is 10.0 Å². The summed E-state index contributed by atoms with van der Waals surface area (Å²) in [5.41, 5.74) is 0.165. The summed E-state index contributed by atoms with van der Waals surface area (Å²) in [4.78, 5) is 0. The van der Waals surface area contributed by atoms with Crippen molar-refractivity contribution < 1.29 is 8.42 Å². The normalized spacial score (nSPS) is 20.0. The summed E-state index contributed by atoms with van der Waals surface area (Å²) in [6.45, 7) is 1.41. The fourth-order valence-electron chi connectivity index (χ4n) is 1.34. The predicted molar refractivity (Wildman–Crippen MR) is 56.2 cm³/mol. The maximum absolute atomic E-state index is 11.4. The van der Waals surface area contributed by atoms with Crippen LogP contribution in [0.4, 0.5) is 0 Å². The third kappa shape index (κ3) is 2.91. The van der Waals surface area contributed by atoms with Crippen LogP contribution in [-0.2, 0) is 10.2 Å². The first-order valence-electron chi connectivity index (χ1n) is 4.74. The molecule has 0 unspecified atom stereocenters. The van der Waals surface area contributed by atoms with E-state index >= 15 is 0 Å². The molecule has 0 heterocycles. The lowest BCUT2D eigenvalue weighted by Crippen LogP contribution is -2.40. The minimum Gasteiger partial charge on any atom is -0.319 e. The van der Waals surface area contributed by atoms with Crippen molar-refractivity contribution in [3.63, 3.8) is 0 Å². The molecule has 5 nitrogen and oxygen atoms in total. The summed E-state index contributed by atoms with van der Waals surface area (Å²) < 4.78 is 26.6. The van der Waals surface area contributed by atoms with Crippen LogP contribution >= 0.6 is 0 Å². The Labute approximate surface area is 86.0 Å². The number of nitrogens with one attached hydrogen (secondary N) is 2. The van der Waals surface area contributed by atoms with Crippen molar-refractivity contribution in [2.45, 2.75) is 12.8 Å². The summed E-state index contributed by atoms with van der Waals surface area (Å²) >= 11 is 0. The molecule has 0 saturated heterocycles. The van der Waals surface area contributed by atoms with Gasteiger partial charge < -0.3 is 5.32 Å². The highest BCUT2D eigenvalue weighted by Crippen LogP contribution is 2.44. The van der Waals surface area contributed by atoms with Gasteiger partial charge in [-0.3, -0.25) is 0 Å². The quantitative estimate of drug-likeness (QED) is 0.628. The zero-order chi connectivity index (χ0) is 10.8. The SMILES string of the molecule is CNCC1(CNS(=O)(=O)N(C)C)CC1. The standard InChI is InChI=1S/C8H19N3O2S/c1-9-6-8(4-5-8)7-10-14(12,13)11(2)3/h9-10H,4-7H2,1-3H3. The Kier molecular flexibility index (Phi) is 3.52. The van der Waals surface area contributed by atoms with Crippen LogP contribution in [0.15, 0.2) is 0 Å². The Hall–Kier alpha value is -0.170. The molecule has 0 radical (unpaired) electrons. The molecule has 14 heavy (non-hydrogen) atoms. The molecule has 2 N–H and O–H groups in total. The molecule has 84 valence electrons. The molecule has 1 saturated carbocycles. The zero-order valence-electron chi connectivity index (χ0n) is 9.00. The van der Waals surface area contributed by atoms with E-state index in [1.54, 1.807) is 0 Å². The van der Waals surface area contributed by atoms with E-state index in [0.29, 0.717) is 6.54 Å². The second kappa shape index (κ2) is 4.14. The number of nitrogens with zero attached hydrogens (tertiary/aromatic N) is 1. The van der Waals surface area contributed by atoms with Crippen molar-refractivity contribution in [1.29, 1.82) is 0 Å². The molecule has 0 aromatic carbocycles. The second-order valence-corrected chi connectivity index (χ2v) is 6.11.